The van der Waals surface area contributed by atoms with Gasteiger partial charge in [-0.1, -0.05) is 0 Å². The predicted molar refractivity (Wildman–Crippen MR) is 66.8 cm³/mol. The number of hydrogen-bond acceptors (Lipinski definition) is 4. The van der Waals surface area contributed by atoms with E-state index in [1.165, 1.54) is 22.5 Å². The maximum absolute atomic E-state index is 12.3. The van der Waals surface area contributed by atoms with Crippen LogP contribution in [0.25, 0.3) is 0 Å². The monoisotopic (exact) mass is 271 g/mol. The lowest BCUT2D eigenvalue weighted by molar-refractivity contribution is 0.233. The fraction of sp³-hybridized carbons (Fsp3) is 0.500. The highest BCUT2D eigenvalue weighted by molar-refractivity contribution is 7.89. The number of hydrogen-bond donors (Lipinski definition) is 2. The summed E-state index contributed by atoms with van der Waals surface area (Å²) in [5, 5.41) is 18.5. The summed E-state index contributed by atoms with van der Waals surface area (Å²) in [5.41, 5.74) is 0.536. The SMILES string of the molecule is Cc1cc(S(=O)(=O)N2CC[C@H](CO)C2)ccc1O. The Balaban J connectivity index is 2.28. The third kappa shape index (κ3) is 2.36. The van der Waals surface area contributed by atoms with Crippen LogP contribution in [0.15, 0.2) is 23.1 Å². The topological polar surface area (TPSA) is 77.8 Å². The zero-order valence-electron chi connectivity index (χ0n) is 10.2. The maximum atomic E-state index is 12.3. The Labute approximate surface area is 107 Å². The van der Waals surface area contributed by atoms with E-state index in [0.29, 0.717) is 25.1 Å². The zero-order chi connectivity index (χ0) is 13.3. The van der Waals surface area contributed by atoms with Crippen LogP contribution in [0.4, 0.5) is 0 Å². The van der Waals surface area contributed by atoms with Gasteiger partial charge in [-0.05, 0) is 43.0 Å². The number of nitrogens with zero attached hydrogens (tertiary/aromatic N) is 1. The number of aryl methyl sites for hydroxylation is 1. The second-order valence-electron chi connectivity index (χ2n) is 4.65. The molecule has 0 spiro atoms. The van der Waals surface area contributed by atoms with Crippen molar-refractivity contribution in [2.45, 2.75) is 18.2 Å². The van der Waals surface area contributed by atoms with E-state index in [-0.39, 0.29) is 23.2 Å². The van der Waals surface area contributed by atoms with Crippen molar-refractivity contribution < 1.29 is 18.6 Å². The van der Waals surface area contributed by atoms with Crippen LogP contribution in [-0.4, -0.2) is 42.6 Å². The molecule has 0 saturated carbocycles. The number of benzene rings is 1. The van der Waals surface area contributed by atoms with Crippen molar-refractivity contribution in [3.8, 4) is 5.75 Å². The quantitative estimate of drug-likeness (QED) is 0.848. The van der Waals surface area contributed by atoms with Gasteiger partial charge in [0, 0.05) is 19.7 Å². The Kier molecular flexibility index (Phi) is 3.61. The molecule has 0 aromatic heterocycles. The van der Waals surface area contributed by atoms with Crippen LogP contribution in [0.2, 0.25) is 0 Å². The Morgan fingerprint density at radius 1 is 1.44 bits per heavy atom. The van der Waals surface area contributed by atoms with E-state index >= 15 is 0 Å². The van der Waals surface area contributed by atoms with E-state index in [2.05, 4.69) is 0 Å². The molecule has 2 rings (SSSR count). The van der Waals surface area contributed by atoms with Gasteiger partial charge in [0.05, 0.1) is 4.90 Å². The number of sulfonamides is 1. The molecule has 2 N–H and O–H groups in total. The van der Waals surface area contributed by atoms with E-state index < -0.39 is 10.0 Å². The lowest BCUT2D eigenvalue weighted by Gasteiger charge is -2.16. The van der Waals surface area contributed by atoms with Gasteiger partial charge in [-0.2, -0.15) is 4.31 Å². The standard InChI is InChI=1S/C12H17NO4S/c1-9-6-11(2-3-12(9)15)18(16,17)13-5-4-10(7-13)8-14/h2-3,6,10,14-15H,4-5,7-8H2,1H3/t10-/m0/s1. The smallest absolute Gasteiger partial charge is 0.243 e. The van der Waals surface area contributed by atoms with Gasteiger partial charge < -0.3 is 10.2 Å². The van der Waals surface area contributed by atoms with Crippen molar-refractivity contribution in [2.75, 3.05) is 19.7 Å². The fourth-order valence-electron chi connectivity index (χ4n) is 2.10. The Morgan fingerprint density at radius 3 is 2.72 bits per heavy atom. The molecule has 1 saturated heterocycles. The van der Waals surface area contributed by atoms with Crippen molar-refractivity contribution in [1.29, 1.82) is 0 Å². The molecule has 1 aromatic rings. The molecule has 1 heterocycles. The zero-order valence-corrected chi connectivity index (χ0v) is 11.0. The largest absolute Gasteiger partial charge is 0.508 e. The first kappa shape index (κ1) is 13.3. The van der Waals surface area contributed by atoms with Crippen LogP contribution in [0, 0.1) is 12.8 Å². The molecule has 1 atom stereocenters. The Hall–Kier alpha value is -1.11. The highest BCUT2D eigenvalue weighted by Gasteiger charge is 2.32. The van der Waals surface area contributed by atoms with E-state index in [4.69, 9.17) is 5.11 Å². The predicted octanol–water partition coefficient (Wildman–Crippen LogP) is 0.704. The van der Waals surface area contributed by atoms with Gasteiger partial charge >= 0.3 is 0 Å². The van der Waals surface area contributed by atoms with Crippen molar-refractivity contribution >= 4 is 10.0 Å². The van der Waals surface area contributed by atoms with Crippen LogP contribution >= 0.6 is 0 Å². The third-order valence-electron chi connectivity index (χ3n) is 3.31. The van der Waals surface area contributed by atoms with Crippen molar-refractivity contribution in [3.63, 3.8) is 0 Å². The molecule has 100 valence electrons. The van der Waals surface area contributed by atoms with Gasteiger partial charge in [0.1, 0.15) is 5.75 Å². The summed E-state index contributed by atoms with van der Waals surface area (Å²) in [6.45, 7) is 2.47. The summed E-state index contributed by atoms with van der Waals surface area (Å²) < 4.78 is 26.0. The minimum atomic E-state index is -3.51. The van der Waals surface area contributed by atoms with E-state index in [0.717, 1.165) is 0 Å². The minimum absolute atomic E-state index is 0.0145. The van der Waals surface area contributed by atoms with E-state index in [9.17, 15) is 13.5 Å². The van der Waals surface area contributed by atoms with Crippen LogP contribution in [0.1, 0.15) is 12.0 Å². The van der Waals surface area contributed by atoms with Gasteiger partial charge in [-0.15, -0.1) is 0 Å². The minimum Gasteiger partial charge on any atom is -0.508 e. The fourth-order valence-corrected chi connectivity index (χ4v) is 3.72. The molecule has 6 heteroatoms. The van der Waals surface area contributed by atoms with Gasteiger partial charge in [0.25, 0.3) is 0 Å². The number of aliphatic hydroxyl groups is 1. The van der Waals surface area contributed by atoms with E-state index in [1.54, 1.807) is 6.92 Å². The Morgan fingerprint density at radius 2 is 2.17 bits per heavy atom. The van der Waals surface area contributed by atoms with Crippen LogP contribution in [0.5, 0.6) is 5.75 Å². The molecule has 1 aliphatic heterocycles. The molecule has 1 aliphatic rings. The lowest BCUT2D eigenvalue weighted by atomic mass is 10.1. The molecule has 1 fully saturated rings. The van der Waals surface area contributed by atoms with Gasteiger partial charge in [0.15, 0.2) is 0 Å². The highest BCUT2D eigenvalue weighted by Crippen LogP contribution is 2.26. The number of aliphatic hydroxyl groups excluding tert-OH is 1. The summed E-state index contributed by atoms with van der Waals surface area (Å²) in [5.74, 6) is 0.113. The Bertz CT molecular complexity index is 541. The summed E-state index contributed by atoms with van der Waals surface area (Å²) in [6.07, 6.45) is 0.687. The van der Waals surface area contributed by atoms with Crippen molar-refractivity contribution in [2.24, 2.45) is 5.92 Å². The molecule has 0 bridgehead atoms. The third-order valence-corrected chi connectivity index (χ3v) is 5.17. The molecular formula is C12H17NO4S. The number of phenolic OH excluding ortho intramolecular Hbond substituents is 1. The molecule has 0 amide bonds. The molecular weight excluding hydrogens is 254 g/mol. The van der Waals surface area contributed by atoms with Crippen LogP contribution in [-0.2, 0) is 10.0 Å². The normalized spacial score (nSPS) is 21.3. The van der Waals surface area contributed by atoms with Crippen molar-refractivity contribution in [3.05, 3.63) is 23.8 Å². The maximum Gasteiger partial charge on any atom is 0.243 e. The second-order valence-corrected chi connectivity index (χ2v) is 6.59. The lowest BCUT2D eigenvalue weighted by Crippen LogP contribution is -2.29. The van der Waals surface area contributed by atoms with Gasteiger partial charge in [-0.3, -0.25) is 0 Å². The van der Waals surface area contributed by atoms with E-state index in [1.807, 2.05) is 0 Å². The highest BCUT2D eigenvalue weighted by atomic mass is 32.2. The van der Waals surface area contributed by atoms with Gasteiger partial charge in [-0.25, -0.2) is 8.42 Å². The van der Waals surface area contributed by atoms with Crippen molar-refractivity contribution in [1.82, 2.24) is 4.31 Å². The number of rotatable bonds is 3. The summed E-state index contributed by atoms with van der Waals surface area (Å²) in [4.78, 5) is 0.191. The first-order chi connectivity index (χ1) is 8.45. The average molecular weight is 271 g/mol. The van der Waals surface area contributed by atoms with Crippen LogP contribution < -0.4 is 0 Å². The van der Waals surface area contributed by atoms with Crippen LogP contribution in [0.3, 0.4) is 0 Å². The first-order valence-electron chi connectivity index (χ1n) is 5.86. The molecule has 5 nitrogen and oxygen atoms in total. The van der Waals surface area contributed by atoms with Gasteiger partial charge in [0.2, 0.25) is 10.0 Å². The number of phenols is 1. The molecule has 0 unspecified atom stereocenters. The molecule has 18 heavy (non-hydrogen) atoms. The summed E-state index contributed by atoms with van der Waals surface area (Å²) in [6, 6.07) is 4.27. The molecule has 0 radical (unpaired) electrons. The molecule has 1 aromatic carbocycles. The first-order valence-corrected chi connectivity index (χ1v) is 7.30. The average Bonchev–Trinajstić information content (AvgIpc) is 2.81. The second kappa shape index (κ2) is 4.87. The summed E-state index contributed by atoms with van der Waals surface area (Å²) in [7, 11) is -3.51. The summed E-state index contributed by atoms with van der Waals surface area (Å²) >= 11 is 0. The number of aromatic hydroxyl groups is 1. The molecule has 0 aliphatic carbocycles.